The number of hydrogen-bond donors (Lipinski definition) is 0. The minimum atomic E-state index is -0.469. The first-order valence-electron chi connectivity index (χ1n) is 10.1. The van der Waals surface area contributed by atoms with Crippen LogP contribution in [0.4, 0.5) is 4.39 Å². The molecular formula is C23H25FN2O2. The van der Waals surface area contributed by atoms with Crippen molar-refractivity contribution in [1.29, 1.82) is 0 Å². The van der Waals surface area contributed by atoms with E-state index in [0.717, 1.165) is 19.4 Å². The number of piperidine rings is 1. The molecule has 1 aromatic heterocycles. The number of nitrogens with zero attached hydrogens (tertiary/aromatic N) is 2. The number of amides is 1. The van der Waals surface area contributed by atoms with Crippen LogP contribution < -0.4 is 4.74 Å². The number of aromatic nitrogens is 1. The molecule has 2 heterocycles. The maximum atomic E-state index is 14.4. The summed E-state index contributed by atoms with van der Waals surface area (Å²) >= 11 is 0. The molecule has 1 aliphatic heterocycles. The van der Waals surface area contributed by atoms with Gasteiger partial charge in [-0.2, -0.15) is 0 Å². The van der Waals surface area contributed by atoms with Crippen molar-refractivity contribution in [2.24, 2.45) is 5.92 Å². The van der Waals surface area contributed by atoms with Crippen molar-refractivity contribution in [3.05, 3.63) is 60.2 Å². The van der Waals surface area contributed by atoms with Crippen molar-refractivity contribution in [1.82, 2.24) is 9.88 Å². The van der Waals surface area contributed by atoms with Crippen LogP contribution in [-0.4, -0.2) is 28.4 Å². The molecule has 2 aromatic rings. The molecule has 2 unspecified atom stereocenters. The van der Waals surface area contributed by atoms with Crippen LogP contribution in [0.3, 0.4) is 0 Å². The molecule has 0 N–H and O–H groups in total. The van der Waals surface area contributed by atoms with Crippen molar-refractivity contribution in [3.63, 3.8) is 0 Å². The van der Waals surface area contributed by atoms with Crippen molar-refractivity contribution >= 4 is 12.0 Å². The zero-order valence-corrected chi connectivity index (χ0v) is 15.9. The first-order valence-corrected chi connectivity index (χ1v) is 10.1. The Kier molecular flexibility index (Phi) is 5.70. The largest absolute Gasteiger partial charge is 0.453 e. The summed E-state index contributed by atoms with van der Waals surface area (Å²) in [4.78, 5) is 18.7. The minimum Gasteiger partial charge on any atom is -0.453 e. The van der Waals surface area contributed by atoms with Gasteiger partial charge < -0.3 is 9.64 Å². The highest BCUT2D eigenvalue weighted by Gasteiger charge is 2.34. The third-order valence-electron chi connectivity index (χ3n) is 5.76. The Bertz CT molecular complexity index is 851. The lowest BCUT2D eigenvalue weighted by molar-refractivity contribution is -0.132. The van der Waals surface area contributed by atoms with E-state index in [2.05, 4.69) is 4.98 Å². The highest BCUT2D eigenvalue weighted by Crippen LogP contribution is 2.35. The van der Waals surface area contributed by atoms with Crippen LogP contribution in [0.15, 0.2) is 48.8 Å². The van der Waals surface area contributed by atoms with Crippen LogP contribution in [-0.2, 0) is 4.79 Å². The van der Waals surface area contributed by atoms with Crippen molar-refractivity contribution < 1.29 is 13.9 Å². The van der Waals surface area contributed by atoms with Crippen LogP contribution in [0.1, 0.15) is 44.1 Å². The summed E-state index contributed by atoms with van der Waals surface area (Å²) in [5.74, 6) is 0.835. The summed E-state index contributed by atoms with van der Waals surface area (Å²) in [6, 6.07) is 8.54. The first-order chi connectivity index (χ1) is 13.7. The van der Waals surface area contributed by atoms with E-state index in [1.807, 2.05) is 4.90 Å². The van der Waals surface area contributed by atoms with E-state index < -0.39 is 5.82 Å². The molecular weight excluding hydrogens is 355 g/mol. The second-order valence-corrected chi connectivity index (χ2v) is 7.60. The van der Waals surface area contributed by atoms with Gasteiger partial charge in [0.1, 0.15) is 5.75 Å². The molecule has 1 aliphatic carbocycles. The molecule has 5 heteroatoms. The Labute approximate surface area is 165 Å². The van der Waals surface area contributed by atoms with Crippen LogP contribution in [0.25, 0.3) is 6.08 Å². The summed E-state index contributed by atoms with van der Waals surface area (Å²) < 4.78 is 19.9. The molecule has 4 nitrogen and oxygen atoms in total. The van der Waals surface area contributed by atoms with E-state index in [9.17, 15) is 9.18 Å². The fourth-order valence-electron chi connectivity index (χ4n) is 4.40. The fourth-order valence-corrected chi connectivity index (χ4v) is 4.40. The van der Waals surface area contributed by atoms with Crippen molar-refractivity contribution in [3.8, 4) is 11.5 Å². The number of hydrogen-bond acceptors (Lipinski definition) is 3. The van der Waals surface area contributed by atoms with Crippen molar-refractivity contribution in [2.45, 2.75) is 44.6 Å². The van der Waals surface area contributed by atoms with Gasteiger partial charge in [0, 0.05) is 24.9 Å². The number of halogens is 1. The highest BCUT2D eigenvalue weighted by molar-refractivity contribution is 5.92. The van der Waals surface area contributed by atoms with Crippen LogP contribution in [0, 0.1) is 11.7 Å². The standard InChI is InChI=1S/C23H25FN2O2/c24-20-15-17(9-11-22(20)28-19-7-3-13-25-16-19)10-12-23(27)26-14-4-6-18-5-1-2-8-21(18)26/h3,7,9-13,15-16,18,21H,1-2,4-6,8,14H2/b12-10+. The summed E-state index contributed by atoms with van der Waals surface area (Å²) in [5, 5.41) is 0. The number of likely N-dealkylation sites (tertiary alicyclic amines) is 1. The molecule has 2 atom stereocenters. The van der Waals surface area contributed by atoms with Crippen molar-refractivity contribution in [2.75, 3.05) is 6.54 Å². The Morgan fingerprint density at radius 2 is 2.04 bits per heavy atom. The summed E-state index contributed by atoms with van der Waals surface area (Å²) in [6.07, 6.45) is 13.6. The predicted octanol–water partition coefficient (Wildman–Crippen LogP) is 5.21. The third kappa shape index (κ3) is 4.24. The lowest BCUT2D eigenvalue weighted by atomic mass is 9.78. The predicted molar refractivity (Wildman–Crippen MR) is 106 cm³/mol. The number of carbonyl (C=O) groups is 1. The maximum Gasteiger partial charge on any atom is 0.246 e. The molecule has 4 rings (SSSR count). The van der Waals surface area contributed by atoms with Gasteiger partial charge in [0.15, 0.2) is 11.6 Å². The maximum absolute atomic E-state index is 14.4. The van der Waals surface area contributed by atoms with Crippen LogP contribution >= 0.6 is 0 Å². The quantitative estimate of drug-likeness (QED) is 0.684. The minimum absolute atomic E-state index is 0.0349. The SMILES string of the molecule is O=C(/C=C/c1ccc(Oc2cccnc2)c(F)c1)N1CCCC2CCCCC21. The molecule has 0 radical (unpaired) electrons. The molecule has 0 bridgehead atoms. The van der Waals surface area contributed by atoms with Gasteiger partial charge in [-0.15, -0.1) is 0 Å². The Morgan fingerprint density at radius 1 is 1.18 bits per heavy atom. The van der Waals surface area contributed by atoms with Crippen LogP contribution in [0.5, 0.6) is 11.5 Å². The number of fused-ring (bicyclic) bond motifs is 1. The first kappa shape index (κ1) is 18.7. The van der Waals surface area contributed by atoms with E-state index in [1.54, 1.807) is 42.6 Å². The molecule has 1 aromatic carbocycles. The zero-order chi connectivity index (χ0) is 19.3. The number of ether oxygens (including phenoxy) is 1. The van der Waals surface area contributed by atoms with E-state index >= 15 is 0 Å². The molecule has 146 valence electrons. The highest BCUT2D eigenvalue weighted by atomic mass is 19.1. The summed E-state index contributed by atoms with van der Waals surface area (Å²) in [5.41, 5.74) is 0.640. The van der Waals surface area contributed by atoms with E-state index in [-0.39, 0.29) is 11.7 Å². The van der Waals surface area contributed by atoms with E-state index in [1.165, 1.54) is 37.9 Å². The Morgan fingerprint density at radius 3 is 2.86 bits per heavy atom. The second kappa shape index (κ2) is 8.55. The number of rotatable bonds is 4. The van der Waals surface area contributed by atoms with Gasteiger partial charge in [-0.05, 0) is 67.5 Å². The summed E-state index contributed by atoms with van der Waals surface area (Å²) in [6.45, 7) is 0.830. The van der Waals surface area contributed by atoms with Gasteiger partial charge in [-0.25, -0.2) is 4.39 Å². The molecule has 2 fully saturated rings. The average molecular weight is 380 g/mol. The van der Waals surface area contributed by atoms with Gasteiger partial charge >= 0.3 is 0 Å². The molecule has 0 spiro atoms. The van der Waals surface area contributed by atoms with Gasteiger partial charge in [0.05, 0.1) is 6.20 Å². The van der Waals surface area contributed by atoms with Gasteiger partial charge in [0.2, 0.25) is 5.91 Å². The molecule has 2 aliphatic rings. The van der Waals surface area contributed by atoms with E-state index in [0.29, 0.717) is 23.3 Å². The summed E-state index contributed by atoms with van der Waals surface area (Å²) in [7, 11) is 0. The monoisotopic (exact) mass is 380 g/mol. The number of benzene rings is 1. The number of pyridine rings is 1. The third-order valence-corrected chi connectivity index (χ3v) is 5.76. The van der Waals surface area contributed by atoms with Crippen LogP contribution in [0.2, 0.25) is 0 Å². The molecule has 1 amide bonds. The van der Waals surface area contributed by atoms with Gasteiger partial charge in [0.25, 0.3) is 0 Å². The Hall–Kier alpha value is -2.69. The number of carbonyl (C=O) groups excluding carboxylic acids is 1. The lowest BCUT2D eigenvalue weighted by Gasteiger charge is -2.43. The molecule has 1 saturated heterocycles. The second-order valence-electron chi connectivity index (χ2n) is 7.60. The smallest absolute Gasteiger partial charge is 0.246 e. The zero-order valence-electron chi connectivity index (χ0n) is 15.9. The molecule has 1 saturated carbocycles. The van der Waals surface area contributed by atoms with Gasteiger partial charge in [-0.3, -0.25) is 9.78 Å². The normalized spacial score (nSPS) is 22.1. The molecule has 28 heavy (non-hydrogen) atoms. The average Bonchev–Trinajstić information content (AvgIpc) is 2.74. The topological polar surface area (TPSA) is 42.4 Å². The Balaban J connectivity index is 1.42. The van der Waals surface area contributed by atoms with E-state index in [4.69, 9.17) is 4.74 Å². The van der Waals surface area contributed by atoms with Gasteiger partial charge in [-0.1, -0.05) is 18.9 Å². The lowest BCUT2D eigenvalue weighted by Crippen LogP contribution is -2.49. The fraction of sp³-hybridized carbons (Fsp3) is 0.391.